The molecule has 0 aliphatic heterocycles. The van der Waals surface area contributed by atoms with Gasteiger partial charge in [0.2, 0.25) is 0 Å². The molecule has 2 N–H and O–H groups in total. The SMILES string of the molecule is O=C(O)[C@@H]1CC=CC[C@@H]1NC(=O)C(F)(F)F. The Hall–Kier alpha value is -1.53. The van der Waals surface area contributed by atoms with E-state index >= 15 is 0 Å². The summed E-state index contributed by atoms with van der Waals surface area (Å²) in [5, 5.41) is 10.5. The Morgan fingerprint density at radius 1 is 1.25 bits per heavy atom. The smallest absolute Gasteiger partial charge is 0.471 e. The average molecular weight is 237 g/mol. The maximum absolute atomic E-state index is 12.0. The summed E-state index contributed by atoms with van der Waals surface area (Å²) in [6, 6.07) is -1.00. The first-order valence-electron chi connectivity index (χ1n) is 4.58. The van der Waals surface area contributed by atoms with Crippen LogP contribution in [0.1, 0.15) is 12.8 Å². The summed E-state index contributed by atoms with van der Waals surface area (Å²) in [5.74, 6) is -4.31. The normalized spacial score (nSPS) is 25.2. The molecule has 1 aliphatic carbocycles. The van der Waals surface area contributed by atoms with Crippen molar-refractivity contribution in [2.24, 2.45) is 5.92 Å². The highest BCUT2D eigenvalue weighted by Gasteiger charge is 2.41. The van der Waals surface area contributed by atoms with E-state index in [2.05, 4.69) is 0 Å². The number of carbonyl (C=O) groups is 2. The third kappa shape index (κ3) is 2.98. The molecule has 4 nitrogen and oxygen atoms in total. The Morgan fingerprint density at radius 2 is 1.81 bits per heavy atom. The van der Waals surface area contributed by atoms with Gasteiger partial charge in [0.25, 0.3) is 0 Å². The Labute approximate surface area is 89.1 Å². The third-order valence-electron chi connectivity index (χ3n) is 2.32. The van der Waals surface area contributed by atoms with E-state index in [9.17, 15) is 22.8 Å². The van der Waals surface area contributed by atoms with Crippen LogP contribution in [-0.4, -0.2) is 29.2 Å². The van der Waals surface area contributed by atoms with Crippen LogP contribution < -0.4 is 5.32 Å². The first kappa shape index (κ1) is 12.5. The molecule has 0 unspecified atom stereocenters. The van der Waals surface area contributed by atoms with Crippen molar-refractivity contribution >= 4 is 11.9 Å². The molecule has 0 heterocycles. The van der Waals surface area contributed by atoms with Gasteiger partial charge in [-0.2, -0.15) is 13.2 Å². The van der Waals surface area contributed by atoms with Crippen molar-refractivity contribution in [2.45, 2.75) is 25.1 Å². The van der Waals surface area contributed by atoms with Crippen molar-refractivity contribution < 1.29 is 27.9 Å². The minimum absolute atomic E-state index is 0.0960. The van der Waals surface area contributed by atoms with Gasteiger partial charge in [0.05, 0.1) is 5.92 Å². The van der Waals surface area contributed by atoms with Gasteiger partial charge in [0.1, 0.15) is 0 Å². The van der Waals surface area contributed by atoms with Gasteiger partial charge in [0.15, 0.2) is 0 Å². The minimum Gasteiger partial charge on any atom is -0.481 e. The zero-order valence-corrected chi connectivity index (χ0v) is 8.12. The maximum atomic E-state index is 12.0. The summed E-state index contributed by atoms with van der Waals surface area (Å²) in [4.78, 5) is 21.4. The molecule has 0 saturated heterocycles. The minimum atomic E-state index is -4.98. The van der Waals surface area contributed by atoms with E-state index in [1.54, 1.807) is 17.5 Å². The topological polar surface area (TPSA) is 66.4 Å². The molecule has 1 aliphatic rings. The number of rotatable bonds is 2. The molecule has 0 radical (unpaired) electrons. The molecule has 16 heavy (non-hydrogen) atoms. The van der Waals surface area contributed by atoms with E-state index in [4.69, 9.17) is 5.11 Å². The molecule has 1 amide bonds. The van der Waals surface area contributed by atoms with E-state index in [1.807, 2.05) is 0 Å². The molecule has 0 aromatic rings. The number of hydrogen-bond acceptors (Lipinski definition) is 2. The highest BCUT2D eigenvalue weighted by molar-refractivity contribution is 5.83. The number of aliphatic carboxylic acids is 1. The van der Waals surface area contributed by atoms with Gasteiger partial charge < -0.3 is 10.4 Å². The molecule has 7 heteroatoms. The van der Waals surface area contributed by atoms with E-state index in [0.717, 1.165) is 0 Å². The second-order valence-corrected chi connectivity index (χ2v) is 3.47. The first-order valence-corrected chi connectivity index (χ1v) is 4.58. The molecule has 90 valence electrons. The second-order valence-electron chi connectivity index (χ2n) is 3.47. The van der Waals surface area contributed by atoms with Crippen molar-refractivity contribution in [3.8, 4) is 0 Å². The molecular weight excluding hydrogens is 227 g/mol. The number of halogens is 3. The third-order valence-corrected chi connectivity index (χ3v) is 2.32. The van der Waals surface area contributed by atoms with Crippen LogP contribution in [0.15, 0.2) is 12.2 Å². The number of carboxylic acids is 1. The number of allylic oxidation sites excluding steroid dienone is 1. The number of nitrogens with one attached hydrogen (secondary N) is 1. The summed E-state index contributed by atoms with van der Waals surface area (Å²) in [6.07, 6.45) is -1.63. The number of carboxylic acid groups (broad SMARTS) is 1. The zero-order chi connectivity index (χ0) is 12.3. The van der Waals surface area contributed by atoms with Crippen LogP contribution >= 0.6 is 0 Å². The van der Waals surface area contributed by atoms with Crippen LogP contribution in [0.3, 0.4) is 0 Å². The average Bonchev–Trinajstić information content (AvgIpc) is 2.16. The van der Waals surface area contributed by atoms with Gasteiger partial charge in [-0.3, -0.25) is 9.59 Å². The van der Waals surface area contributed by atoms with Crippen LogP contribution in [-0.2, 0) is 9.59 Å². The van der Waals surface area contributed by atoms with E-state index in [0.29, 0.717) is 0 Å². The lowest BCUT2D eigenvalue weighted by Gasteiger charge is -2.26. The van der Waals surface area contributed by atoms with Crippen molar-refractivity contribution in [2.75, 3.05) is 0 Å². The van der Waals surface area contributed by atoms with Crippen molar-refractivity contribution in [1.29, 1.82) is 0 Å². The monoisotopic (exact) mass is 237 g/mol. The van der Waals surface area contributed by atoms with E-state index in [1.165, 1.54) is 0 Å². The van der Waals surface area contributed by atoms with Crippen LogP contribution in [0.4, 0.5) is 13.2 Å². The fourth-order valence-electron chi connectivity index (χ4n) is 1.50. The van der Waals surface area contributed by atoms with E-state index in [-0.39, 0.29) is 12.8 Å². The van der Waals surface area contributed by atoms with Crippen LogP contribution in [0.5, 0.6) is 0 Å². The van der Waals surface area contributed by atoms with Gasteiger partial charge in [-0.15, -0.1) is 0 Å². The van der Waals surface area contributed by atoms with Crippen molar-refractivity contribution in [3.63, 3.8) is 0 Å². The molecule has 2 atom stereocenters. The maximum Gasteiger partial charge on any atom is 0.471 e. The highest BCUT2D eigenvalue weighted by Crippen LogP contribution is 2.22. The molecule has 0 aromatic heterocycles. The fourth-order valence-corrected chi connectivity index (χ4v) is 1.50. The first-order chi connectivity index (χ1) is 7.32. The van der Waals surface area contributed by atoms with Gasteiger partial charge in [-0.05, 0) is 12.8 Å². The molecule has 0 bridgehead atoms. The van der Waals surface area contributed by atoms with Gasteiger partial charge in [-0.1, -0.05) is 12.2 Å². The van der Waals surface area contributed by atoms with Gasteiger partial charge >= 0.3 is 18.1 Å². The predicted molar refractivity (Wildman–Crippen MR) is 47.5 cm³/mol. The largest absolute Gasteiger partial charge is 0.481 e. The Balaban J connectivity index is 2.68. The molecule has 1 rings (SSSR count). The summed E-state index contributed by atoms with van der Waals surface area (Å²) >= 11 is 0. The number of amides is 1. The van der Waals surface area contributed by atoms with Crippen molar-refractivity contribution in [3.05, 3.63) is 12.2 Å². The summed E-state index contributed by atoms with van der Waals surface area (Å²) in [5.41, 5.74) is 0. The summed E-state index contributed by atoms with van der Waals surface area (Å²) in [7, 11) is 0. The lowest BCUT2D eigenvalue weighted by molar-refractivity contribution is -0.175. The van der Waals surface area contributed by atoms with Crippen LogP contribution in [0.2, 0.25) is 0 Å². The van der Waals surface area contributed by atoms with Gasteiger partial charge in [-0.25, -0.2) is 0 Å². The second kappa shape index (κ2) is 4.54. The number of alkyl halides is 3. The Kier molecular flexibility index (Phi) is 3.56. The highest BCUT2D eigenvalue weighted by atomic mass is 19.4. The Bertz CT molecular complexity index is 324. The molecular formula is C9H10F3NO3. The zero-order valence-electron chi connectivity index (χ0n) is 8.12. The van der Waals surface area contributed by atoms with Crippen LogP contribution in [0, 0.1) is 5.92 Å². The molecule has 0 spiro atoms. The predicted octanol–water partition coefficient (Wildman–Crippen LogP) is 1.08. The number of hydrogen-bond donors (Lipinski definition) is 2. The lowest BCUT2D eigenvalue weighted by Crippen LogP contribution is -2.48. The number of carbonyl (C=O) groups excluding carboxylic acids is 1. The van der Waals surface area contributed by atoms with E-state index < -0.39 is 30.0 Å². The van der Waals surface area contributed by atoms with Gasteiger partial charge in [0, 0.05) is 6.04 Å². The standard InChI is InChI=1S/C9H10F3NO3/c10-9(11,12)8(16)13-6-4-2-1-3-5(6)7(14)15/h1-2,5-6H,3-4H2,(H,13,16)(H,14,15)/t5-,6+/m1/s1. The quantitative estimate of drug-likeness (QED) is 0.706. The molecule has 0 aromatic carbocycles. The van der Waals surface area contributed by atoms with Crippen LogP contribution in [0.25, 0.3) is 0 Å². The van der Waals surface area contributed by atoms with Crippen molar-refractivity contribution in [1.82, 2.24) is 5.32 Å². The Morgan fingerprint density at radius 3 is 2.31 bits per heavy atom. The molecule has 0 saturated carbocycles. The molecule has 0 fully saturated rings. The summed E-state index contributed by atoms with van der Waals surface area (Å²) < 4.78 is 35.9. The fraction of sp³-hybridized carbons (Fsp3) is 0.556. The lowest BCUT2D eigenvalue weighted by atomic mass is 9.89. The summed E-state index contributed by atoms with van der Waals surface area (Å²) in [6.45, 7) is 0.